The number of rotatable bonds is 4. The molecule has 1 aliphatic carbocycles. The van der Waals surface area contributed by atoms with Crippen molar-refractivity contribution in [1.82, 2.24) is 15.3 Å². The highest BCUT2D eigenvalue weighted by molar-refractivity contribution is 6.74. The number of aryl methyl sites for hydroxylation is 1. The molecule has 0 aromatic carbocycles. The van der Waals surface area contributed by atoms with Crippen molar-refractivity contribution in [1.29, 1.82) is 5.26 Å². The van der Waals surface area contributed by atoms with E-state index in [1.165, 1.54) is 0 Å². The summed E-state index contributed by atoms with van der Waals surface area (Å²) in [5, 5.41) is 12.6. The largest absolute Gasteiger partial charge is 0.444 e. The molecule has 1 aliphatic heterocycles. The maximum absolute atomic E-state index is 12.8. The minimum absolute atomic E-state index is 0.0117. The van der Waals surface area contributed by atoms with Crippen LogP contribution in [0, 0.1) is 23.7 Å². The summed E-state index contributed by atoms with van der Waals surface area (Å²) in [7, 11) is -1.95. The summed E-state index contributed by atoms with van der Waals surface area (Å²) in [5.74, 6) is 0.611. The van der Waals surface area contributed by atoms with Gasteiger partial charge in [-0.05, 0) is 83.0 Å². The summed E-state index contributed by atoms with van der Waals surface area (Å²) >= 11 is 0. The number of nitrogens with zero attached hydrogens (tertiary/aromatic N) is 4. The van der Waals surface area contributed by atoms with Gasteiger partial charge >= 0.3 is 6.09 Å². The standard InChI is InChI=1S/C26H43N5O3Si/c1-18-14-19(17-27)29-22(28-18)31-12-10-26(11-13-31)16-20(34-35(8,9)25(5,6)7)15-21(26)30-23(32)33-24(2,3)4/h14,20-21H,10-13,15-16H2,1-9H3,(H,30,32)/t20-,21+/m0/s1. The van der Waals surface area contributed by atoms with E-state index in [0.717, 1.165) is 44.5 Å². The SMILES string of the molecule is Cc1cc(C#N)nc(N2CCC3(CC2)C[C@@H](O[Si](C)(C)C(C)(C)C)C[C@H]3NC(=O)OC(C)(C)C)n1. The Kier molecular flexibility index (Phi) is 7.59. The zero-order valence-corrected chi connectivity index (χ0v) is 24.0. The molecule has 1 aromatic rings. The molecule has 1 amide bonds. The first-order valence-electron chi connectivity index (χ1n) is 12.7. The van der Waals surface area contributed by atoms with Gasteiger partial charge in [-0.3, -0.25) is 0 Å². The first-order chi connectivity index (χ1) is 16.0. The molecule has 8 nitrogen and oxygen atoms in total. The van der Waals surface area contributed by atoms with Crippen LogP contribution in [0.15, 0.2) is 6.07 Å². The number of carbonyl (C=O) groups is 1. The van der Waals surface area contributed by atoms with Crippen LogP contribution in [0.4, 0.5) is 10.7 Å². The minimum Gasteiger partial charge on any atom is -0.444 e. The smallest absolute Gasteiger partial charge is 0.407 e. The van der Waals surface area contributed by atoms with Crippen molar-refractivity contribution in [2.24, 2.45) is 5.41 Å². The molecule has 0 bridgehead atoms. The second kappa shape index (κ2) is 9.70. The molecule has 1 saturated heterocycles. The zero-order chi connectivity index (χ0) is 26.2. The van der Waals surface area contributed by atoms with Gasteiger partial charge in [0.15, 0.2) is 8.32 Å². The third-order valence-electron chi connectivity index (χ3n) is 7.83. The second-order valence-corrected chi connectivity index (χ2v) is 17.6. The highest BCUT2D eigenvalue weighted by Gasteiger charge is 2.52. The number of amides is 1. The molecule has 35 heavy (non-hydrogen) atoms. The first-order valence-corrected chi connectivity index (χ1v) is 15.6. The fourth-order valence-electron chi connectivity index (χ4n) is 4.99. The lowest BCUT2D eigenvalue weighted by Gasteiger charge is -2.43. The average Bonchev–Trinajstić information content (AvgIpc) is 3.00. The van der Waals surface area contributed by atoms with Crippen LogP contribution in [0.25, 0.3) is 0 Å². The number of carbonyl (C=O) groups excluding carboxylic acids is 1. The normalized spacial score (nSPS) is 22.7. The molecule has 1 saturated carbocycles. The van der Waals surface area contributed by atoms with Gasteiger partial charge in [-0.25, -0.2) is 14.8 Å². The predicted octanol–water partition coefficient (Wildman–Crippen LogP) is 5.32. The van der Waals surface area contributed by atoms with E-state index in [9.17, 15) is 10.1 Å². The second-order valence-electron chi connectivity index (χ2n) is 12.8. The van der Waals surface area contributed by atoms with Crippen LogP contribution in [-0.2, 0) is 9.16 Å². The minimum atomic E-state index is -1.95. The van der Waals surface area contributed by atoms with E-state index in [-0.39, 0.29) is 28.7 Å². The quantitative estimate of drug-likeness (QED) is 0.557. The Morgan fingerprint density at radius 3 is 2.37 bits per heavy atom. The Bertz CT molecular complexity index is 969. The lowest BCUT2D eigenvalue weighted by Crippen LogP contribution is -2.51. The monoisotopic (exact) mass is 501 g/mol. The van der Waals surface area contributed by atoms with E-state index in [0.29, 0.717) is 11.6 Å². The number of ether oxygens (including phenoxy) is 1. The lowest BCUT2D eigenvalue weighted by molar-refractivity contribution is 0.0441. The highest BCUT2D eigenvalue weighted by Crippen LogP contribution is 2.50. The summed E-state index contributed by atoms with van der Waals surface area (Å²) in [6.07, 6.45) is 3.26. The van der Waals surface area contributed by atoms with E-state index >= 15 is 0 Å². The Morgan fingerprint density at radius 2 is 1.83 bits per heavy atom. The van der Waals surface area contributed by atoms with Gasteiger partial charge in [0.1, 0.15) is 17.4 Å². The van der Waals surface area contributed by atoms with Gasteiger partial charge in [0.25, 0.3) is 0 Å². The molecule has 9 heteroatoms. The van der Waals surface area contributed by atoms with E-state index in [1.807, 2.05) is 27.7 Å². The first kappa shape index (κ1) is 27.4. The Morgan fingerprint density at radius 1 is 1.20 bits per heavy atom. The van der Waals surface area contributed by atoms with Crippen LogP contribution in [0.1, 0.15) is 78.6 Å². The lowest BCUT2D eigenvalue weighted by atomic mass is 9.74. The molecule has 3 rings (SSSR count). The van der Waals surface area contributed by atoms with Gasteiger partial charge in [-0.1, -0.05) is 20.8 Å². The van der Waals surface area contributed by atoms with Gasteiger partial charge in [0.2, 0.25) is 5.95 Å². The van der Waals surface area contributed by atoms with Gasteiger partial charge in [0, 0.05) is 30.9 Å². The van der Waals surface area contributed by atoms with Crippen LogP contribution >= 0.6 is 0 Å². The molecular formula is C26H43N5O3Si. The van der Waals surface area contributed by atoms with E-state index in [4.69, 9.17) is 9.16 Å². The average molecular weight is 502 g/mol. The number of anilines is 1. The van der Waals surface area contributed by atoms with Crippen LogP contribution in [-0.4, -0.2) is 55.2 Å². The van der Waals surface area contributed by atoms with Crippen molar-refractivity contribution in [3.63, 3.8) is 0 Å². The number of alkyl carbamates (subject to hydrolysis) is 1. The van der Waals surface area contributed by atoms with E-state index in [2.05, 4.69) is 60.1 Å². The summed E-state index contributed by atoms with van der Waals surface area (Å²) in [6, 6.07) is 3.82. The third kappa shape index (κ3) is 6.53. The number of aromatic nitrogens is 2. The molecule has 1 N–H and O–H groups in total. The topological polar surface area (TPSA) is 100 Å². The van der Waals surface area contributed by atoms with Crippen molar-refractivity contribution < 1.29 is 14.0 Å². The summed E-state index contributed by atoms with van der Waals surface area (Å²) in [6.45, 7) is 20.4. The number of hydrogen-bond acceptors (Lipinski definition) is 7. The van der Waals surface area contributed by atoms with Gasteiger partial charge < -0.3 is 19.4 Å². The third-order valence-corrected chi connectivity index (χ3v) is 12.4. The maximum Gasteiger partial charge on any atom is 0.407 e. The maximum atomic E-state index is 12.8. The number of hydrogen-bond donors (Lipinski definition) is 1. The van der Waals surface area contributed by atoms with Gasteiger partial charge in [-0.15, -0.1) is 0 Å². The molecule has 2 heterocycles. The highest BCUT2D eigenvalue weighted by atomic mass is 28.4. The summed E-state index contributed by atoms with van der Waals surface area (Å²) < 4.78 is 12.4. The Balaban J connectivity index is 1.79. The van der Waals surface area contributed by atoms with E-state index < -0.39 is 13.9 Å². The fraction of sp³-hybridized carbons (Fsp3) is 0.769. The van der Waals surface area contributed by atoms with Crippen LogP contribution in [0.5, 0.6) is 0 Å². The van der Waals surface area contributed by atoms with Crippen molar-refractivity contribution in [2.45, 2.75) is 110 Å². The molecule has 2 fully saturated rings. The van der Waals surface area contributed by atoms with Crippen LogP contribution in [0.2, 0.25) is 18.1 Å². The van der Waals surface area contributed by atoms with Crippen molar-refractivity contribution >= 4 is 20.4 Å². The Labute approximate surface area is 211 Å². The van der Waals surface area contributed by atoms with Crippen molar-refractivity contribution in [3.05, 3.63) is 17.5 Å². The number of nitriles is 1. The molecule has 0 radical (unpaired) electrons. The molecule has 0 unspecified atom stereocenters. The Hall–Kier alpha value is -2.18. The van der Waals surface area contributed by atoms with Gasteiger partial charge in [0.05, 0.1) is 0 Å². The van der Waals surface area contributed by atoms with Crippen LogP contribution in [0.3, 0.4) is 0 Å². The molecule has 2 atom stereocenters. The molecule has 194 valence electrons. The number of piperidine rings is 1. The molecular weight excluding hydrogens is 458 g/mol. The van der Waals surface area contributed by atoms with Crippen molar-refractivity contribution in [2.75, 3.05) is 18.0 Å². The van der Waals surface area contributed by atoms with E-state index in [1.54, 1.807) is 6.07 Å². The molecule has 1 spiro atoms. The predicted molar refractivity (Wildman–Crippen MR) is 140 cm³/mol. The fourth-order valence-corrected chi connectivity index (χ4v) is 6.36. The zero-order valence-electron chi connectivity index (χ0n) is 23.0. The van der Waals surface area contributed by atoms with Crippen LogP contribution < -0.4 is 10.2 Å². The number of nitrogens with one attached hydrogen (secondary N) is 1. The van der Waals surface area contributed by atoms with Crippen molar-refractivity contribution in [3.8, 4) is 6.07 Å². The molecule has 2 aliphatic rings. The summed E-state index contributed by atoms with van der Waals surface area (Å²) in [4.78, 5) is 23.9. The molecule has 1 aromatic heterocycles. The summed E-state index contributed by atoms with van der Waals surface area (Å²) in [5.41, 5.74) is 0.570. The van der Waals surface area contributed by atoms with Gasteiger partial charge in [-0.2, -0.15) is 5.26 Å².